The number of aromatic nitrogens is 1. The third kappa shape index (κ3) is 3.01. The first-order chi connectivity index (χ1) is 12.2. The van der Waals surface area contributed by atoms with Crippen LogP contribution in [0, 0.1) is 11.3 Å². The number of carbonyl (C=O) groups excluding carboxylic acids is 1. The second kappa shape index (κ2) is 6.23. The van der Waals surface area contributed by atoms with Gasteiger partial charge in [-0.1, -0.05) is 30.3 Å². The van der Waals surface area contributed by atoms with Crippen molar-refractivity contribution in [1.82, 2.24) is 4.98 Å². The minimum absolute atomic E-state index is 0.247. The Kier molecular flexibility index (Phi) is 3.77. The van der Waals surface area contributed by atoms with Crippen molar-refractivity contribution in [1.29, 1.82) is 5.26 Å². The molecular formula is C19H11N3O2S. The van der Waals surface area contributed by atoms with Gasteiger partial charge in [-0.3, -0.25) is 10.1 Å². The van der Waals surface area contributed by atoms with Gasteiger partial charge in [-0.15, -0.1) is 11.3 Å². The van der Waals surface area contributed by atoms with Gasteiger partial charge in [0.2, 0.25) is 0 Å². The Morgan fingerprint density at radius 2 is 1.96 bits per heavy atom. The molecule has 1 amide bonds. The van der Waals surface area contributed by atoms with Crippen LogP contribution in [0.4, 0.5) is 5.13 Å². The summed E-state index contributed by atoms with van der Waals surface area (Å²) in [6, 6.07) is 18.4. The van der Waals surface area contributed by atoms with Crippen LogP contribution in [-0.4, -0.2) is 10.9 Å². The maximum Gasteiger partial charge on any atom is 0.293 e. The van der Waals surface area contributed by atoms with Crippen LogP contribution in [-0.2, 0) is 0 Å². The minimum atomic E-state index is -0.336. The molecule has 1 N–H and O–H groups in total. The first kappa shape index (κ1) is 15.1. The number of anilines is 1. The molecule has 0 saturated heterocycles. The summed E-state index contributed by atoms with van der Waals surface area (Å²) in [5, 5.41) is 14.8. The minimum Gasteiger partial charge on any atom is -0.451 e. The summed E-state index contributed by atoms with van der Waals surface area (Å²) in [5.74, 6) is -0.0896. The molecular weight excluding hydrogens is 334 g/mol. The molecule has 0 spiro atoms. The highest BCUT2D eigenvalue weighted by atomic mass is 32.1. The normalized spacial score (nSPS) is 10.5. The Balaban J connectivity index is 1.53. The van der Waals surface area contributed by atoms with Crippen molar-refractivity contribution in [2.75, 3.05) is 5.32 Å². The van der Waals surface area contributed by atoms with Gasteiger partial charge in [0.15, 0.2) is 10.9 Å². The van der Waals surface area contributed by atoms with Gasteiger partial charge in [0.25, 0.3) is 5.91 Å². The fourth-order valence-electron chi connectivity index (χ4n) is 2.43. The van der Waals surface area contributed by atoms with Gasteiger partial charge in [0.1, 0.15) is 5.58 Å². The number of nitrogens with zero attached hydrogens (tertiary/aromatic N) is 2. The number of benzene rings is 2. The molecule has 0 aliphatic heterocycles. The number of hydrogen-bond donors (Lipinski definition) is 1. The van der Waals surface area contributed by atoms with Gasteiger partial charge >= 0.3 is 0 Å². The number of fused-ring (bicyclic) bond motifs is 1. The number of furan rings is 1. The van der Waals surface area contributed by atoms with Crippen molar-refractivity contribution in [2.45, 2.75) is 0 Å². The second-order valence-corrected chi connectivity index (χ2v) is 6.19. The van der Waals surface area contributed by atoms with Crippen molar-refractivity contribution in [2.24, 2.45) is 0 Å². The number of nitriles is 1. The first-order valence-electron chi connectivity index (χ1n) is 7.49. The highest BCUT2D eigenvalue weighted by molar-refractivity contribution is 7.14. The van der Waals surface area contributed by atoms with Crippen LogP contribution in [0.15, 0.2) is 64.4 Å². The summed E-state index contributed by atoms with van der Waals surface area (Å²) in [4.78, 5) is 16.8. The van der Waals surface area contributed by atoms with Gasteiger partial charge in [0, 0.05) is 16.3 Å². The van der Waals surface area contributed by atoms with Gasteiger partial charge in [-0.05, 0) is 24.3 Å². The van der Waals surface area contributed by atoms with Crippen LogP contribution < -0.4 is 5.32 Å². The molecule has 0 saturated carbocycles. The maximum atomic E-state index is 12.3. The Labute approximate surface area is 147 Å². The summed E-state index contributed by atoms with van der Waals surface area (Å²) < 4.78 is 5.55. The number of thiazole rings is 1. The highest BCUT2D eigenvalue weighted by Crippen LogP contribution is 2.26. The second-order valence-electron chi connectivity index (χ2n) is 5.33. The standard InChI is InChI=1S/C19H11N3O2S/c20-10-12-5-7-13(8-6-12)15-11-25-19(21-15)22-18(23)17-9-14-3-1-2-4-16(14)24-17/h1-9,11H,(H,21,22,23). The van der Waals surface area contributed by atoms with E-state index in [2.05, 4.69) is 16.4 Å². The number of rotatable bonds is 3. The van der Waals surface area contributed by atoms with Gasteiger partial charge < -0.3 is 4.42 Å². The molecule has 0 aliphatic rings. The van der Waals surface area contributed by atoms with E-state index >= 15 is 0 Å². The summed E-state index contributed by atoms with van der Waals surface area (Å²) in [6.45, 7) is 0. The fourth-order valence-corrected chi connectivity index (χ4v) is 3.15. The van der Waals surface area contributed by atoms with Crippen molar-refractivity contribution in [3.8, 4) is 17.3 Å². The monoisotopic (exact) mass is 345 g/mol. The van der Waals surface area contributed by atoms with Crippen molar-refractivity contribution in [3.63, 3.8) is 0 Å². The molecule has 0 fully saturated rings. The third-order valence-electron chi connectivity index (χ3n) is 3.68. The molecule has 0 aliphatic carbocycles. The largest absolute Gasteiger partial charge is 0.451 e. The van der Waals surface area contributed by atoms with E-state index < -0.39 is 0 Å². The van der Waals surface area contributed by atoms with E-state index in [4.69, 9.17) is 9.68 Å². The molecule has 120 valence electrons. The molecule has 2 aromatic carbocycles. The Hall–Kier alpha value is -3.43. The molecule has 4 aromatic rings. The first-order valence-corrected chi connectivity index (χ1v) is 8.37. The lowest BCUT2D eigenvalue weighted by molar-refractivity contribution is 0.0998. The van der Waals surface area contributed by atoms with E-state index in [1.54, 1.807) is 18.2 Å². The Morgan fingerprint density at radius 3 is 2.72 bits per heavy atom. The number of carbonyl (C=O) groups is 1. The third-order valence-corrected chi connectivity index (χ3v) is 4.44. The van der Waals surface area contributed by atoms with Crippen LogP contribution in [0.2, 0.25) is 0 Å². The predicted molar refractivity (Wildman–Crippen MR) is 96.4 cm³/mol. The lowest BCUT2D eigenvalue weighted by atomic mass is 10.1. The zero-order valence-electron chi connectivity index (χ0n) is 12.9. The van der Waals surface area contributed by atoms with Crippen LogP contribution in [0.1, 0.15) is 16.1 Å². The molecule has 0 atom stereocenters. The molecule has 5 nitrogen and oxygen atoms in total. The summed E-state index contributed by atoms with van der Waals surface area (Å²) in [5.41, 5.74) is 2.90. The maximum absolute atomic E-state index is 12.3. The average Bonchev–Trinajstić information content (AvgIpc) is 3.28. The summed E-state index contributed by atoms with van der Waals surface area (Å²) in [7, 11) is 0. The van der Waals surface area contributed by atoms with Gasteiger partial charge in [-0.25, -0.2) is 4.98 Å². The van der Waals surface area contributed by atoms with Crippen molar-refractivity contribution >= 4 is 33.3 Å². The molecule has 0 bridgehead atoms. The molecule has 2 heterocycles. The van der Waals surface area contributed by atoms with E-state index in [1.807, 2.05) is 41.8 Å². The highest BCUT2D eigenvalue weighted by Gasteiger charge is 2.14. The topological polar surface area (TPSA) is 78.9 Å². The van der Waals surface area contributed by atoms with Crippen molar-refractivity contribution in [3.05, 3.63) is 71.3 Å². The van der Waals surface area contributed by atoms with Gasteiger partial charge in [-0.2, -0.15) is 5.26 Å². The van der Waals surface area contributed by atoms with E-state index in [0.717, 1.165) is 16.6 Å². The number of hydrogen-bond acceptors (Lipinski definition) is 5. The van der Waals surface area contributed by atoms with Crippen LogP contribution in [0.5, 0.6) is 0 Å². The Bertz CT molecular complexity index is 1070. The number of para-hydroxylation sites is 1. The predicted octanol–water partition coefficient (Wildman–Crippen LogP) is 4.68. The molecule has 6 heteroatoms. The smallest absolute Gasteiger partial charge is 0.293 e. The molecule has 4 rings (SSSR count). The lowest BCUT2D eigenvalue weighted by Crippen LogP contribution is -2.10. The average molecular weight is 345 g/mol. The molecule has 0 radical (unpaired) electrons. The summed E-state index contributed by atoms with van der Waals surface area (Å²) in [6.07, 6.45) is 0. The SMILES string of the molecule is N#Cc1ccc(-c2csc(NC(=O)c3cc4ccccc4o3)n2)cc1. The fraction of sp³-hybridized carbons (Fsp3) is 0. The van der Waals surface area contributed by atoms with Crippen LogP contribution in [0.3, 0.4) is 0 Å². The number of nitrogens with one attached hydrogen (secondary N) is 1. The zero-order chi connectivity index (χ0) is 17.2. The van der Waals surface area contributed by atoms with Gasteiger partial charge in [0.05, 0.1) is 17.3 Å². The zero-order valence-corrected chi connectivity index (χ0v) is 13.7. The van der Waals surface area contributed by atoms with E-state index in [0.29, 0.717) is 16.3 Å². The quantitative estimate of drug-likeness (QED) is 0.585. The molecule has 2 aromatic heterocycles. The number of amides is 1. The summed E-state index contributed by atoms with van der Waals surface area (Å²) >= 11 is 1.33. The van der Waals surface area contributed by atoms with E-state index in [-0.39, 0.29) is 11.7 Å². The van der Waals surface area contributed by atoms with E-state index in [1.165, 1.54) is 11.3 Å². The van der Waals surface area contributed by atoms with Crippen LogP contribution >= 0.6 is 11.3 Å². The van der Waals surface area contributed by atoms with E-state index in [9.17, 15) is 4.79 Å². The Morgan fingerprint density at radius 1 is 1.16 bits per heavy atom. The van der Waals surface area contributed by atoms with Crippen molar-refractivity contribution < 1.29 is 9.21 Å². The van der Waals surface area contributed by atoms with Crippen LogP contribution in [0.25, 0.3) is 22.2 Å². The lowest BCUT2D eigenvalue weighted by Gasteiger charge is -1.98. The molecule has 25 heavy (non-hydrogen) atoms. The molecule has 0 unspecified atom stereocenters.